The summed E-state index contributed by atoms with van der Waals surface area (Å²) in [6.45, 7) is 6.58. The zero-order valence-corrected chi connectivity index (χ0v) is 22.9. The van der Waals surface area contributed by atoms with Gasteiger partial charge in [-0.1, -0.05) is 43.9 Å². The Morgan fingerprint density at radius 1 is 1.14 bits per heavy atom. The number of rotatable bonds is 10. The molecule has 7 nitrogen and oxygen atoms in total. The van der Waals surface area contributed by atoms with E-state index in [0.717, 1.165) is 61.1 Å². The number of aromatic nitrogens is 3. The first-order valence-corrected chi connectivity index (χ1v) is 15.0. The highest BCUT2D eigenvalue weighted by molar-refractivity contribution is 7.99. The number of nitrogens with zero attached hydrogens (tertiary/aromatic N) is 3. The second kappa shape index (κ2) is 12.4. The molecule has 1 amide bonds. The number of amides is 1. The Balaban J connectivity index is 1.38. The first-order valence-electron chi connectivity index (χ1n) is 13.2. The molecular weight excluding hydrogens is 480 g/mol. The number of nitrogens with one attached hydrogen (secondary N) is 1. The lowest BCUT2D eigenvalue weighted by Crippen LogP contribution is -2.19. The van der Waals surface area contributed by atoms with Crippen LogP contribution in [0.15, 0.2) is 5.16 Å². The highest BCUT2D eigenvalue weighted by atomic mass is 32.2. The fourth-order valence-electron chi connectivity index (χ4n) is 5.17. The number of carbonyl (C=O) groups excluding carboxylic acids is 2. The van der Waals surface area contributed by atoms with Gasteiger partial charge in [-0.3, -0.25) is 4.79 Å². The van der Waals surface area contributed by atoms with Crippen molar-refractivity contribution >= 4 is 40.0 Å². The van der Waals surface area contributed by atoms with Crippen LogP contribution >= 0.6 is 23.1 Å². The van der Waals surface area contributed by atoms with Gasteiger partial charge in [0.25, 0.3) is 0 Å². The van der Waals surface area contributed by atoms with Crippen LogP contribution in [0.1, 0.15) is 98.8 Å². The summed E-state index contributed by atoms with van der Waals surface area (Å²) in [5.41, 5.74) is 1.61. The Kier molecular flexibility index (Phi) is 9.27. The monoisotopic (exact) mass is 518 g/mol. The van der Waals surface area contributed by atoms with Crippen molar-refractivity contribution in [1.82, 2.24) is 14.8 Å². The topological polar surface area (TPSA) is 86.1 Å². The molecule has 2 aromatic rings. The van der Waals surface area contributed by atoms with E-state index in [4.69, 9.17) is 4.74 Å². The van der Waals surface area contributed by atoms with Gasteiger partial charge in [-0.25, -0.2) is 4.79 Å². The van der Waals surface area contributed by atoms with Crippen LogP contribution in [0.3, 0.4) is 0 Å². The summed E-state index contributed by atoms with van der Waals surface area (Å²) < 4.78 is 7.64. The molecular formula is C26H38N4O3S2. The van der Waals surface area contributed by atoms with Crippen molar-refractivity contribution in [1.29, 1.82) is 0 Å². The maximum atomic E-state index is 12.9. The predicted molar refractivity (Wildman–Crippen MR) is 141 cm³/mol. The lowest BCUT2D eigenvalue weighted by atomic mass is 9.86. The van der Waals surface area contributed by atoms with Crippen LogP contribution < -0.4 is 5.32 Å². The number of esters is 1. The molecule has 1 N–H and O–H groups in total. The molecule has 9 heteroatoms. The quantitative estimate of drug-likeness (QED) is 0.304. The van der Waals surface area contributed by atoms with Gasteiger partial charge in [0, 0.05) is 17.8 Å². The van der Waals surface area contributed by atoms with E-state index < -0.39 is 0 Å². The van der Waals surface area contributed by atoms with Gasteiger partial charge in [0.2, 0.25) is 5.91 Å². The molecule has 0 unspecified atom stereocenters. The Hall–Kier alpha value is -1.87. The predicted octanol–water partition coefficient (Wildman–Crippen LogP) is 6.05. The van der Waals surface area contributed by atoms with Crippen LogP contribution in [0.4, 0.5) is 5.00 Å². The van der Waals surface area contributed by atoms with Crippen molar-refractivity contribution in [2.24, 2.45) is 5.92 Å². The fourth-order valence-corrected chi connectivity index (χ4v) is 7.29. The summed E-state index contributed by atoms with van der Waals surface area (Å²) >= 11 is 2.93. The van der Waals surface area contributed by atoms with Crippen LogP contribution in [0, 0.1) is 5.92 Å². The van der Waals surface area contributed by atoms with Crippen molar-refractivity contribution in [2.75, 3.05) is 11.1 Å². The minimum atomic E-state index is -0.337. The molecule has 0 bridgehead atoms. The average Bonchev–Trinajstić information content (AvgIpc) is 3.41. The van der Waals surface area contributed by atoms with Crippen molar-refractivity contribution in [3.63, 3.8) is 0 Å². The number of aryl methyl sites for hydroxylation is 2. The third-order valence-electron chi connectivity index (χ3n) is 6.91. The molecule has 0 spiro atoms. The van der Waals surface area contributed by atoms with E-state index in [0.29, 0.717) is 10.6 Å². The van der Waals surface area contributed by atoms with E-state index in [-0.39, 0.29) is 23.7 Å². The van der Waals surface area contributed by atoms with Gasteiger partial charge in [0.15, 0.2) is 5.16 Å². The summed E-state index contributed by atoms with van der Waals surface area (Å²) in [4.78, 5) is 26.9. The number of anilines is 1. The molecule has 0 atom stereocenters. The normalized spacial score (nSPS) is 16.3. The van der Waals surface area contributed by atoms with Gasteiger partial charge in [0.05, 0.1) is 17.4 Å². The maximum Gasteiger partial charge on any atom is 0.341 e. The summed E-state index contributed by atoms with van der Waals surface area (Å²) in [6.07, 6.45) is 12.7. The largest absolute Gasteiger partial charge is 0.459 e. The van der Waals surface area contributed by atoms with Crippen molar-refractivity contribution in [3.8, 4) is 0 Å². The number of hydrogen-bond acceptors (Lipinski definition) is 7. The molecule has 2 heterocycles. The second-order valence-electron chi connectivity index (χ2n) is 9.89. The minimum absolute atomic E-state index is 0.137. The number of carbonyl (C=O) groups is 2. The second-order valence-corrected chi connectivity index (χ2v) is 11.9. The molecule has 1 fully saturated rings. The summed E-state index contributed by atoms with van der Waals surface area (Å²) in [5, 5.41) is 13.2. The van der Waals surface area contributed by atoms with E-state index in [2.05, 4.69) is 27.0 Å². The third kappa shape index (κ3) is 6.67. The van der Waals surface area contributed by atoms with E-state index in [1.807, 2.05) is 13.8 Å². The molecule has 192 valence electrons. The first kappa shape index (κ1) is 26.2. The number of thiophene rings is 1. The number of hydrogen-bond donors (Lipinski definition) is 1. The third-order valence-corrected chi connectivity index (χ3v) is 9.09. The van der Waals surface area contributed by atoms with E-state index >= 15 is 0 Å². The molecule has 0 aromatic carbocycles. The van der Waals surface area contributed by atoms with Crippen LogP contribution in [0.5, 0.6) is 0 Å². The van der Waals surface area contributed by atoms with E-state index in [9.17, 15) is 9.59 Å². The van der Waals surface area contributed by atoms with E-state index in [1.165, 1.54) is 66.5 Å². The van der Waals surface area contributed by atoms with Gasteiger partial charge in [-0.15, -0.1) is 21.5 Å². The Labute approximate surface area is 216 Å². The Bertz CT molecular complexity index is 1020. The molecule has 0 radical (unpaired) electrons. The molecule has 35 heavy (non-hydrogen) atoms. The maximum absolute atomic E-state index is 12.9. The number of fused-ring (bicyclic) bond motifs is 1. The zero-order chi connectivity index (χ0) is 24.8. The number of ether oxygens (including phenoxy) is 1. The van der Waals surface area contributed by atoms with Crippen LogP contribution in [0.25, 0.3) is 0 Å². The lowest BCUT2D eigenvalue weighted by molar-refractivity contribution is -0.113. The standard InChI is InChI=1S/C26H38N4O3S2/c1-4-30-21(15-14-18-10-6-5-7-11-18)28-29-26(30)34-16-22(31)27-24-23(25(32)33-17(2)3)19-12-8-9-13-20(19)35-24/h17-18H,4-16H2,1-3H3,(H,27,31). The van der Waals surface area contributed by atoms with Gasteiger partial charge >= 0.3 is 5.97 Å². The van der Waals surface area contributed by atoms with Gasteiger partial charge in [0.1, 0.15) is 10.8 Å². The first-order chi connectivity index (χ1) is 17.0. The van der Waals surface area contributed by atoms with Crippen LogP contribution in [0.2, 0.25) is 0 Å². The van der Waals surface area contributed by atoms with Crippen molar-refractivity contribution in [2.45, 2.75) is 109 Å². The number of thioether (sulfide) groups is 1. The van der Waals surface area contributed by atoms with Crippen LogP contribution in [-0.2, 0) is 35.3 Å². The molecule has 2 aromatic heterocycles. The SMILES string of the molecule is CCn1c(CCC2CCCCC2)nnc1SCC(=O)Nc1sc2c(c1C(=O)OC(C)C)CCCC2. The molecule has 1 saturated carbocycles. The fraction of sp³-hybridized carbons (Fsp3) is 0.692. The van der Waals surface area contributed by atoms with Gasteiger partial charge in [-0.2, -0.15) is 0 Å². The Morgan fingerprint density at radius 3 is 2.66 bits per heavy atom. The highest BCUT2D eigenvalue weighted by Gasteiger charge is 2.28. The summed E-state index contributed by atoms with van der Waals surface area (Å²) in [5.74, 6) is 1.57. The summed E-state index contributed by atoms with van der Waals surface area (Å²) in [7, 11) is 0. The molecule has 2 aliphatic rings. The zero-order valence-electron chi connectivity index (χ0n) is 21.2. The van der Waals surface area contributed by atoms with Crippen molar-refractivity contribution in [3.05, 3.63) is 21.8 Å². The highest BCUT2D eigenvalue weighted by Crippen LogP contribution is 2.39. The van der Waals surface area contributed by atoms with Crippen molar-refractivity contribution < 1.29 is 14.3 Å². The van der Waals surface area contributed by atoms with E-state index in [1.54, 1.807) is 0 Å². The van der Waals surface area contributed by atoms with Gasteiger partial charge < -0.3 is 14.6 Å². The smallest absolute Gasteiger partial charge is 0.341 e. The molecule has 2 aliphatic carbocycles. The molecule has 0 aliphatic heterocycles. The van der Waals surface area contributed by atoms with Gasteiger partial charge in [-0.05, 0) is 64.4 Å². The lowest BCUT2D eigenvalue weighted by Gasteiger charge is -2.21. The average molecular weight is 519 g/mol. The minimum Gasteiger partial charge on any atom is -0.459 e. The summed E-state index contributed by atoms with van der Waals surface area (Å²) in [6, 6.07) is 0. The molecule has 4 rings (SSSR count). The van der Waals surface area contributed by atoms with Crippen LogP contribution in [-0.4, -0.2) is 38.5 Å². The molecule has 0 saturated heterocycles. The Morgan fingerprint density at radius 2 is 1.91 bits per heavy atom.